The fourth-order valence-electron chi connectivity index (χ4n) is 0.962. The Bertz CT molecular complexity index is 312. The van der Waals surface area contributed by atoms with E-state index >= 15 is 0 Å². The van der Waals surface area contributed by atoms with Gasteiger partial charge in [0.15, 0.2) is 5.17 Å². The molecule has 86 valence electrons. The Labute approximate surface area is 98.5 Å². The summed E-state index contributed by atoms with van der Waals surface area (Å²) in [7, 11) is 0. The van der Waals surface area contributed by atoms with Gasteiger partial charge in [-0.25, -0.2) is 0 Å². The standard InChI is InChI=1S/C9H13N5OS/c10-3-1-5-14(6-2-4-11)8(15)7-16-9(12)13/h1-2,5-7H2,(H3,12,13). The molecule has 0 aromatic heterocycles. The van der Waals surface area contributed by atoms with E-state index in [0.29, 0.717) is 13.1 Å². The molecule has 0 saturated carbocycles. The molecular weight excluding hydrogens is 226 g/mol. The fourth-order valence-corrected chi connectivity index (χ4v) is 1.42. The van der Waals surface area contributed by atoms with E-state index < -0.39 is 0 Å². The fraction of sp³-hybridized carbons (Fsp3) is 0.556. The predicted octanol–water partition coefficient (Wildman–Crippen LogP) is 0.269. The maximum Gasteiger partial charge on any atom is 0.233 e. The Morgan fingerprint density at radius 3 is 2.19 bits per heavy atom. The van der Waals surface area contributed by atoms with Crippen molar-refractivity contribution in [3.05, 3.63) is 0 Å². The average molecular weight is 239 g/mol. The average Bonchev–Trinajstić information content (AvgIpc) is 2.26. The molecule has 0 aromatic rings. The lowest BCUT2D eigenvalue weighted by atomic mass is 10.3. The number of rotatable bonds is 6. The summed E-state index contributed by atoms with van der Waals surface area (Å²) < 4.78 is 0. The van der Waals surface area contributed by atoms with Gasteiger partial charge in [0, 0.05) is 13.1 Å². The molecule has 0 atom stereocenters. The Balaban J connectivity index is 4.15. The van der Waals surface area contributed by atoms with Crippen LogP contribution in [0.4, 0.5) is 0 Å². The zero-order chi connectivity index (χ0) is 12.4. The van der Waals surface area contributed by atoms with Gasteiger partial charge in [0.05, 0.1) is 30.7 Å². The minimum Gasteiger partial charge on any atom is -0.379 e. The number of nitrogens with one attached hydrogen (secondary N) is 1. The molecule has 7 heteroatoms. The first-order valence-electron chi connectivity index (χ1n) is 4.60. The monoisotopic (exact) mass is 239 g/mol. The molecule has 0 heterocycles. The largest absolute Gasteiger partial charge is 0.379 e. The molecule has 0 saturated heterocycles. The second-order valence-corrected chi connectivity index (χ2v) is 3.87. The summed E-state index contributed by atoms with van der Waals surface area (Å²) in [6, 6.07) is 3.89. The molecular formula is C9H13N5OS. The number of hydrogen-bond donors (Lipinski definition) is 2. The van der Waals surface area contributed by atoms with Crippen molar-refractivity contribution in [1.29, 1.82) is 15.9 Å². The number of nitrogens with two attached hydrogens (primary N) is 1. The van der Waals surface area contributed by atoms with Crippen molar-refractivity contribution in [2.75, 3.05) is 18.8 Å². The maximum absolute atomic E-state index is 11.6. The minimum absolute atomic E-state index is 0.0756. The first kappa shape index (κ1) is 14.3. The Kier molecular flexibility index (Phi) is 7.64. The zero-order valence-corrected chi connectivity index (χ0v) is 9.59. The Morgan fingerprint density at radius 1 is 1.31 bits per heavy atom. The highest BCUT2D eigenvalue weighted by atomic mass is 32.2. The summed E-state index contributed by atoms with van der Waals surface area (Å²) in [5, 5.41) is 23.7. The topological polar surface area (TPSA) is 118 Å². The molecule has 0 unspecified atom stereocenters. The minimum atomic E-state index is -0.203. The van der Waals surface area contributed by atoms with E-state index in [1.165, 1.54) is 4.90 Å². The summed E-state index contributed by atoms with van der Waals surface area (Å²) in [6.45, 7) is 0.630. The number of amidine groups is 1. The van der Waals surface area contributed by atoms with Crippen LogP contribution in [0.5, 0.6) is 0 Å². The van der Waals surface area contributed by atoms with Crippen LogP contribution in [-0.2, 0) is 4.79 Å². The smallest absolute Gasteiger partial charge is 0.233 e. The van der Waals surface area contributed by atoms with Crippen molar-refractivity contribution in [2.45, 2.75) is 12.8 Å². The normalized spacial score (nSPS) is 8.88. The molecule has 0 radical (unpaired) electrons. The molecule has 0 aliphatic heterocycles. The highest BCUT2D eigenvalue weighted by Gasteiger charge is 2.13. The van der Waals surface area contributed by atoms with Crippen molar-refractivity contribution in [3.8, 4) is 12.1 Å². The summed E-state index contributed by atoms with van der Waals surface area (Å²) >= 11 is 0.939. The van der Waals surface area contributed by atoms with Crippen LogP contribution >= 0.6 is 11.8 Å². The first-order valence-corrected chi connectivity index (χ1v) is 5.59. The third kappa shape index (κ3) is 6.68. The molecule has 0 rings (SSSR count). The highest BCUT2D eigenvalue weighted by Crippen LogP contribution is 2.03. The second kappa shape index (κ2) is 8.57. The van der Waals surface area contributed by atoms with Crippen LogP contribution in [0.25, 0.3) is 0 Å². The van der Waals surface area contributed by atoms with Crippen LogP contribution < -0.4 is 5.73 Å². The zero-order valence-electron chi connectivity index (χ0n) is 8.77. The molecule has 3 N–H and O–H groups in total. The van der Waals surface area contributed by atoms with E-state index in [0.717, 1.165) is 11.8 Å². The summed E-state index contributed by atoms with van der Waals surface area (Å²) in [6.07, 6.45) is 0.476. The molecule has 1 amide bonds. The number of thioether (sulfide) groups is 1. The molecule has 0 fully saturated rings. The van der Waals surface area contributed by atoms with E-state index in [1.807, 2.05) is 12.1 Å². The van der Waals surface area contributed by atoms with Gasteiger partial charge >= 0.3 is 0 Å². The van der Waals surface area contributed by atoms with Crippen LogP contribution in [0.1, 0.15) is 12.8 Å². The quantitative estimate of drug-likeness (QED) is 0.509. The number of nitriles is 2. The van der Waals surface area contributed by atoms with Crippen LogP contribution in [0.2, 0.25) is 0 Å². The van der Waals surface area contributed by atoms with Crippen molar-refractivity contribution >= 4 is 22.8 Å². The highest BCUT2D eigenvalue weighted by molar-refractivity contribution is 8.14. The van der Waals surface area contributed by atoms with Gasteiger partial charge in [-0.3, -0.25) is 10.2 Å². The van der Waals surface area contributed by atoms with Gasteiger partial charge < -0.3 is 10.6 Å². The van der Waals surface area contributed by atoms with E-state index in [9.17, 15) is 4.79 Å². The van der Waals surface area contributed by atoms with E-state index in [-0.39, 0.29) is 29.7 Å². The van der Waals surface area contributed by atoms with E-state index in [4.69, 9.17) is 21.7 Å². The SMILES string of the molecule is N#CCCN(CCC#N)C(=O)CSC(=N)N. The third-order valence-corrected chi connectivity index (χ3v) is 2.39. The molecule has 0 aromatic carbocycles. The van der Waals surface area contributed by atoms with Crippen LogP contribution in [0.3, 0.4) is 0 Å². The van der Waals surface area contributed by atoms with Gasteiger partial charge in [0.25, 0.3) is 0 Å². The number of carbonyl (C=O) groups is 1. The van der Waals surface area contributed by atoms with Crippen molar-refractivity contribution in [1.82, 2.24) is 4.90 Å². The molecule has 0 aliphatic carbocycles. The molecule has 16 heavy (non-hydrogen) atoms. The van der Waals surface area contributed by atoms with Crippen LogP contribution in [0.15, 0.2) is 0 Å². The molecule has 0 spiro atoms. The van der Waals surface area contributed by atoms with Gasteiger partial charge in [0.1, 0.15) is 0 Å². The van der Waals surface area contributed by atoms with Gasteiger partial charge in [-0.2, -0.15) is 10.5 Å². The van der Waals surface area contributed by atoms with Crippen molar-refractivity contribution in [3.63, 3.8) is 0 Å². The first-order chi connectivity index (χ1) is 7.61. The van der Waals surface area contributed by atoms with Crippen molar-refractivity contribution < 1.29 is 4.79 Å². The number of carbonyl (C=O) groups excluding carboxylic acids is 1. The number of hydrogen-bond acceptors (Lipinski definition) is 5. The second-order valence-electron chi connectivity index (χ2n) is 2.85. The van der Waals surface area contributed by atoms with E-state index in [1.54, 1.807) is 0 Å². The van der Waals surface area contributed by atoms with Gasteiger partial charge in [-0.15, -0.1) is 0 Å². The lowest BCUT2D eigenvalue weighted by Gasteiger charge is -2.19. The van der Waals surface area contributed by atoms with E-state index in [2.05, 4.69) is 0 Å². The van der Waals surface area contributed by atoms with Gasteiger partial charge in [-0.1, -0.05) is 11.8 Å². The summed E-state index contributed by atoms with van der Waals surface area (Å²) in [4.78, 5) is 13.0. The number of amides is 1. The lowest BCUT2D eigenvalue weighted by Crippen LogP contribution is -2.34. The summed E-state index contributed by atoms with van der Waals surface area (Å²) in [5.41, 5.74) is 5.11. The Morgan fingerprint density at radius 2 is 1.81 bits per heavy atom. The van der Waals surface area contributed by atoms with Gasteiger partial charge in [0.2, 0.25) is 5.91 Å². The lowest BCUT2D eigenvalue weighted by molar-refractivity contribution is -0.128. The number of nitrogens with zero attached hydrogens (tertiary/aromatic N) is 3. The maximum atomic E-state index is 11.6. The summed E-state index contributed by atoms with van der Waals surface area (Å²) in [5.74, 6) is -0.127. The van der Waals surface area contributed by atoms with Gasteiger partial charge in [-0.05, 0) is 0 Å². The van der Waals surface area contributed by atoms with Crippen molar-refractivity contribution in [2.24, 2.45) is 5.73 Å². The Hall–Kier alpha value is -1.73. The molecule has 6 nitrogen and oxygen atoms in total. The van der Waals surface area contributed by atoms with Crippen LogP contribution in [-0.4, -0.2) is 34.8 Å². The van der Waals surface area contributed by atoms with Crippen LogP contribution in [0, 0.1) is 28.1 Å². The molecule has 0 aliphatic rings. The predicted molar refractivity (Wildman–Crippen MR) is 61.4 cm³/mol. The molecule has 0 bridgehead atoms. The third-order valence-electron chi connectivity index (χ3n) is 1.69.